The summed E-state index contributed by atoms with van der Waals surface area (Å²) in [6.45, 7) is 0.230. The van der Waals surface area contributed by atoms with Crippen LogP contribution in [0.4, 0.5) is 18.0 Å². The largest absolute Gasteiger partial charge is 0.468 e. The second-order valence-corrected chi connectivity index (χ2v) is 5.89. The van der Waals surface area contributed by atoms with Gasteiger partial charge in [0.15, 0.2) is 6.61 Å². The molecule has 1 aliphatic rings. The number of nitrogens with one attached hydrogen (secondary N) is 1. The molecule has 1 aromatic rings. The molecule has 2 amide bonds. The second kappa shape index (κ2) is 7.57. The van der Waals surface area contributed by atoms with Gasteiger partial charge < -0.3 is 15.0 Å². The van der Waals surface area contributed by atoms with Crippen molar-refractivity contribution in [1.29, 1.82) is 0 Å². The average Bonchev–Trinajstić information content (AvgIpc) is 2.51. The number of halogens is 3. The quantitative estimate of drug-likeness (QED) is 0.917. The second-order valence-electron chi connectivity index (χ2n) is 4.66. The van der Waals surface area contributed by atoms with Crippen LogP contribution >= 0.6 is 11.8 Å². The number of rotatable bonds is 4. The molecule has 0 radical (unpaired) electrons. The van der Waals surface area contributed by atoms with Gasteiger partial charge in [0.1, 0.15) is 0 Å². The zero-order valence-corrected chi connectivity index (χ0v) is 12.5. The van der Waals surface area contributed by atoms with Crippen LogP contribution < -0.4 is 10.1 Å². The number of hydrogen-bond donors (Lipinski definition) is 1. The number of carbonyl (C=O) groups is 1. The van der Waals surface area contributed by atoms with Crippen molar-refractivity contribution in [3.63, 3.8) is 0 Å². The Balaban J connectivity index is 1.83. The summed E-state index contributed by atoms with van der Waals surface area (Å²) in [5.41, 5.74) is 0.631. The van der Waals surface area contributed by atoms with E-state index in [-0.39, 0.29) is 18.5 Å². The van der Waals surface area contributed by atoms with E-state index in [0.29, 0.717) is 18.7 Å². The van der Waals surface area contributed by atoms with Gasteiger partial charge in [-0.25, -0.2) is 9.78 Å². The number of nitrogens with zero attached hydrogens (tertiary/aromatic N) is 2. The summed E-state index contributed by atoms with van der Waals surface area (Å²) in [6.07, 6.45) is -3.05. The Bertz CT molecular complexity index is 508. The van der Waals surface area contributed by atoms with Gasteiger partial charge in [-0.05, 0) is 11.6 Å². The van der Waals surface area contributed by atoms with Crippen molar-refractivity contribution in [2.75, 3.05) is 31.2 Å². The molecule has 0 bridgehead atoms. The molecule has 5 nitrogen and oxygen atoms in total. The first kappa shape index (κ1) is 16.7. The Morgan fingerprint density at radius 2 is 2.14 bits per heavy atom. The fourth-order valence-corrected chi connectivity index (χ4v) is 2.75. The molecule has 22 heavy (non-hydrogen) atoms. The van der Waals surface area contributed by atoms with Gasteiger partial charge in [-0.15, -0.1) is 0 Å². The van der Waals surface area contributed by atoms with Crippen LogP contribution in [0.3, 0.4) is 0 Å². The maximum Gasteiger partial charge on any atom is 0.422 e. The topological polar surface area (TPSA) is 54.5 Å². The number of aromatic nitrogens is 1. The summed E-state index contributed by atoms with van der Waals surface area (Å²) in [7, 11) is 0. The molecule has 1 saturated heterocycles. The molecule has 0 aromatic carbocycles. The molecule has 1 N–H and O–H groups in total. The van der Waals surface area contributed by atoms with Crippen LogP contribution in [0, 0.1) is 0 Å². The number of hydrogen-bond acceptors (Lipinski definition) is 4. The minimum atomic E-state index is -4.40. The van der Waals surface area contributed by atoms with Crippen LogP contribution in [-0.4, -0.2) is 53.3 Å². The van der Waals surface area contributed by atoms with Crippen molar-refractivity contribution in [1.82, 2.24) is 15.2 Å². The summed E-state index contributed by atoms with van der Waals surface area (Å²) in [4.78, 5) is 17.4. The predicted molar refractivity (Wildman–Crippen MR) is 76.9 cm³/mol. The summed E-state index contributed by atoms with van der Waals surface area (Å²) in [5, 5.41) is 2.74. The first-order chi connectivity index (χ1) is 10.4. The summed E-state index contributed by atoms with van der Waals surface area (Å²) in [6, 6.07) is 2.83. The Hall–Kier alpha value is -1.64. The van der Waals surface area contributed by atoms with E-state index in [4.69, 9.17) is 0 Å². The van der Waals surface area contributed by atoms with Crippen molar-refractivity contribution in [2.24, 2.45) is 0 Å². The molecule has 1 aliphatic heterocycles. The molecule has 0 unspecified atom stereocenters. The van der Waals surface area contributed by atoms with Gasteiger partial charge >= 0.3 is 12.2 Å². The number of thioether (sulfide) groups is 1. The van der Waals surface area contributed by atoms with E-state index >= 15 is 0 Å². The highest BCUT2D eigenvalue weighted by molar-refractivity contribution is 7.99. The molecule has 0 aliphatic carbocycles. The van der Waals surface area contributed by atoms with Gasteiger partial charge in [0, 0.05) is 43.4 Å². The predicted octanol–water partition coefficient (Wildman–Crippen LogP) is 2.28. The monoisotopic (exact) mass is 335 g/mol. The van der Waals surface area contributed by atoms with Crippen molar-refractivity contribution in [2.45, 2.75) is 12.7 Å². The normalized spacial score (nSPS) is 15.5. The highest BCUT2D eigenvalue weighted by atomic mass is 32.2. The van der Waals surface area contributed by atoms with Crippen LogP contribution in [0.1, 0.15) is 5.56 Å². The summed E-state index contributed by atoms with van der Waals surface area (Å²) in [5.74, 6) is 1.72. The lowest BCUT2D eigenvalue weighted by Crippen LogP contribution is -2.44. The van der Waals surface area contributed by atoms with E-state index in [0.717, 1.165) is 11.5 Å². The number of pyridine rings is 1. The van der Waals surface area contributed by atoms with Crippen molar-refractivity contribution >= 4 is 17.8 Å². The van der Waals surface area contributed by atoms with E-state index in [2.05, 4.69) is 15.0 Å². The molecular weight excluding hydrogens is 319 g/mol. The van der Waals surface area contributed by atoms with Crippen LogP contribution in [0.5, 0.6) is 5.88 Å². The molecule has 1 fully saturated rings. The maximum atomic E-state index is 12.1. The average molecular weight is 335 g/mol. The minimum absolute atomic E-state index is 0.113. The smallest absolute Gasteiger partial charge is 0.422 e. The molecular formula is C13H16F3N3O2S. The third-order valence-electron chi connectivity index (χ3n) is 2.93. The maximum absolute atomic E-state index is 12.1. The zero-order chi connectivity index (χ0) is 16.0. The molecule has 0 atom stereocenters. The van der Waals surface area contributed by atoms with E-state index in [1.165, 1.54) is 12.3 Å². The molecule has 122 valence electrons. The van der Waals surface area contributed by atoms with Crippen LogP contribution in [0.15, 0.2) is 18.3 Å². The Morgan fingerprint density at radius 1 is 1.41 bits per heavy atom. The summed E-state index contributed by atoms with van der Waals surface area (Å²) < 4.78 is 40.8. The standard InChI is InChI=1S/C13H16F3N3O2S/c14-13(15,16)9-21-11-7-10(1-2-17-11)8-18-12(20)19-3-5-22-6-4-19/h1-2,7H,3-6,8-9H2,(H,18,20). The van der Waals surface area contributed by atoms with E-state index in [1.807, 2.05) is 0 Å². The number of ether oxygens (including phenoxy) is 1. The minimum Gasteiger partial charge on any atom is -0.468 e. The number of alkyl halides is 3. The van der Waals surface area contributed by atoms with E-state index in [1.54, 1.807) is 22.7 Å². The van der Waals surface area contributed by atoms with Crippen LogP contribution in [-0.2, 0) is 6.54 Å². The first-order valence-corrected chi connectivity index (χ1v) is 7.84. The number of urea groups is 1. The third-order valence-corrected chi connectivity index (χ3v) is 3.87. The third kappa shape index (κ3) is 5.63. The SMILES string of the molecule is O=C(NCc1ccnc(OCC(F)(F)F)c1)N1CCSCC1. The molecule has 2 rings (SSSR count). The highest BCUT2D eigenvalue weighted by Crippen LogP contribution is 2.17. The fourth-order valence-electron chi connectivity index (χ4n) is 1.85. The lowest BCUT2D eigenvalue weighted by molar-refractivity contribution is -0.154. The molecule has 0 spiro atoms. The van der Waals surface area contributed by atoms with Gasteiger partial charge in [0.2, 0.25) is 5.88 Å². The molecule has 1 aromatic heterocycles. The van der Waals surface area contributed by atoms with Crippen molar-refractivity contribution < 1.29 is 22.7 Å². The molecule has 2 heterocycles. The van der Waals surface area contributed by atoms with Gasteiger partial charge in [-0.3, -0.25) is 0 Å². The van der Waals surface area contributed by atoms with Gasteiger partial charge in [0.05, 0.1) is 0 Å². The van der Waals surface area contributed by atoms with E-state index in [9.17, 15) is 18.0 Å². The lowest BCUT2D eigenvalue weighted by atomic mass is 10.2. The lowest BCUT2D eigenvalue weighted by Gasteiger charge is -2.26. The Morgan fingerprint density at radius 3 is 2.82 bits per heavy atom. The van der Waals surface area contributed by atoms with Crippen molar-refractivity contribution in [3.05, 3.63) is 23.9 Å². The molecule has 0 saturated carbocycles. The highest BCUT2D eigenvalue weighted by Gasteiger charge is 2.28. The van der Waals surface area contributed by atoms with E-state index < -0.39 is 12.8 Å². The van der Waals surface area contributed by atoms with Crippen molar-refractivity contribution in [3.8, 4) is 5.88 Å². The zero-order valence-electron chi connectivity index (χ0n) is 11.7. The fraction of sp³-hybridized carbons (Fsp3) is 0.538. The Kier molecular flexibility index (Phi) is 5.76. The Labute approximate surface area is 130 Å². The number of amides is 2. The van der Waals surface area contributed by atoms with Gasteiger partial charge in [0.25, 0.3) is 0 Å². The number of carbonyl (C=O) groups excluding carboxylic acids is 1. The molecule has 9 heteroatoms. The first-order valence-electron chi connectivity index (χ1n) is 6.69. The van der Waals surface area contributed by atoms with Gasteiger partial charge in [-0.2, -0.15) is 24.9 Å². The van der Waals surface area contributed by atoms with Crippen LogP contribution in [0.25, 0.3) is 0 Å². The summed E-state index contributed by atoms with van der Waals surface area (Å²) >= 11 is 1.80. The van der Waals surface area contributed by atoms with Crippen LogP contribution in [0.2, 0.25) is 0 Å². The van der Waals surface area contributed by atoms with Gasteiger partial charge in [-0.1, -0.05) is 0 Å².